The molecule has 1 aliphatic heterocycles. The predicted molar refractivity (Wildman–Crippen MR) is 68.1 cm³/mol. The number of benzene rings is 1. The number of hydrogen-bond acceptors (Lipinski definition) is 3. The van der Waals surface area contributed by atoms with Crippen molar-refractivity contribution in [3.63, 3.8) is 0 Å². The second-order valence-corrected chi connectivity index (χ2v) is 5.03. The summed E-state index contributed by atoms with van der Waals surface area (Å²) < 4.78 is 0. The van der Waals surface area contributed by atoms with Gasteiger partial charge in [-0.25, -0.2) is 0 Å². The minimum atomic E-state index is -0.701. The Bertz CT molecular complexity index is 423. The van der Waals surface area contributed by atoms with Crippen molar-refractivity contribution in [2.24, 2.45) is 11.7 Å². The molecule has 0 aromatic heterocycles. The Morgan fingerprint density at radius 2 is 2.06 bits per heavy atom. The van der Waals surface area contributed by atoms with Crippen LogP contribution in [0.15, 0.2) is 30.3 Å². The Hall–Kier alpha value is -1.37. The van der Waals surface area contributed by atoms with E-state index in [0.717, 1.165) is 13.0 Å². The molecule has 17 heavy (non-hydrogen) atoms. The van der Waals surface area contributed by atoms with Crippen molar-refractivity contribution in [1.29, 1.82) is 5.26 Å². The van der Waals surface area contributed by atoms with E-state index in [1.165, 1.54) is 5.56 Å². The van der Waals surface area contributed by atoms with Gasteiger partial charge in [0.2, 0.25) is 0 Å². The summed E-state index contributed by atoms with van der Waals surface area (Å²) in [7, 11) is 2.10. The Labute approximate surface area is 103 Å². The molecule has 0 unspecified atom stereocenters. The molecule has 2 N–H and O–H groups in total. The van der Waals surface area contributed by atoms with Crippen molar-refractivity contribution < 1.29 is 0 Å². The third kappa shape index (κ3) is 2.06. The standard InChI is InChI=1S/C14H19N3/c1-11-13(12-6-4-3-5-7-12)17(2)9-8-14(11,16)10-15/h3-7,11,13H,8-9,16H2,1-2H3/t11-,13+,14-/m1/s1. The second-order valence-electron chi connectivity index (χ2n) is 5.03. The maximum absolute atomic E-state index is 9.28. The van der Waals surface area contributed by atoms with Crippen molar-refractivity contribution in [2.45, 2.75) is 24.9 Å². The summed E-state index contributed by atoms with van der Waals surface area (Å²) in [6.45, 7) is 2.95. The molecule has 0 spiro atoms. The molecular weight excluding hydrogens is 210 g/mol. The zero-order valence-corrected chi connectivity index (χ0v) is 10.4. The zero-order valence-electron chi connectivity index (χ0n) is 10.4. The first-order valence-electron chi connectivity index (χ1n) is 6.04. The summed E-state index contributed by atoms with van der Waals surface area (Å²) in [5.74, 6) is 0.133. The van der Waals surface area contributed by atoms with Gasteiger partial charge in [0, 0.05) is 18.5 Å². The summed E-state index contributed by atoms with van der Waals surface area (Å²) in [5.41, 5.74) is 6.75. The fraction of sp³-hybridized carbons (Fsp3) is 0.500. The van der Waals surface area contributed by atoms with Crippen LogP contribution in [0.4, 0.5) is 0 Å². The Morgan fingerprint density at radius 1 is 1.41 bits per heavy atom. The quantitative estimate of drug-likeness (QED) is 0.800. The molecule has 0 radical (unpaired) electrons. The van der Waals surface area contributed by atoms with Gasteiger partial charge in [-0.2, -0.15) is 5.26 Å². The molecule has 0 amide bonds. The summed E-state index contributed by atoms with van der Waals surface area (Å²) in [6, 6.07) is 12.8. The molecule has 1 aromatic rings. The van der Waals surface area contributed by atoms with Gasteiger partial charge in [0.1, 0.15) is 5.54 Å². The maximum Gasteiger partial charge on any atom is 0.109 e. The van der Waals surface area contributed by atoms with E-state index in [0.29, 0.717) is 0 Å². The number of rotatable bonds is 1. The van der Waals surface area contributed by atoms with E-state index in [4.69, 9.17) is 5.73 Å². The van der Waals surface area contributed by atoms with Crippen LogP contribution in [0.1, 0.15) is 24.9 Å². The van der Waals surface area contributed by atoms with Crippen LogP contribution in [0.3, 0.4) is 0 Å². The lowest BCUT2D eigenvalue weighted by atomic mass is 9.74. The maximum atomic E-state index is 9.28. The topological polar surface area (TPSA) is 53.0 Å². The highest BCUT2D eigenvalue weighted by Gasteiger charge is 2.43. The molecule has 0 bridgehead atoms. The molecule has 3 nitrogen and oxygen atoms in total. The third-order valence-electron chi connectivity index (χ3n) is 3.99. The van der Waals surface area contributed by atoms with Gasteiger partial charge in [0.25, 0.3) is 0 Å². The normalized spacial score (nSPS) is 34.2. The number of piperidine rings is 1. The molecule has 1 aliphatic rings. The predicted octanol–water partition coefficient (Wildman–Crippen LogP) is 1.92. The van der Waals surface area contributed by atoms with E-state index >= 15 is 0 Å². The molecule has 3 atom stereocenters. The van der Waals surface area contributed by atoms with Gasteiger partial charge >= 0.3 is 0 Å². The lowest BCUT2D eigenvalue weighted by Crippen LogP contribution is -2.55. The van der Waals surface area contributed by atoms with E-state index in [1.54, 1.807) is 0 Å². The van der Waals surface area contributed by atoms with Gasteiger partial charge < -0.3 is 5.73 Å². The van der Waals surface area contributed by atoms with Crippen LogP contribution in [0, 0.1) is 17.2 Å². The molecule has 1 fully saturated rings. The van der Waals surface area contributed by atoms with Gasteiger partial charge in [-0.15, -0.1) is 0 Å². The summed E-state index contributed by atoms with van der Waals surface area (Å²) in [4.78, 5) is 2.29. The summed E-state index contributed by atoms with van der Waals surface area (Å²) in [6.07, 6.45) is 0.741. The smallest absolute Gasteiger partial charge is 0.109 e. The Morgan fingerprint density at radius 3 is 2.65 bits per heavy atom. The molecule has 3 heteroatoms. The van der Waals surface area contributed by atoms with Gasteiger partial charge in [-0.3, -0.25) is 4.90 Å². The molecule has 90 valence electrons. The zero-order chi connectivity index (χ0) is 12.5. The highest BCUT2D eigenvalue weighted by molar-refractivity contribution is 5.24. The summed E-state index contributed by atoms with van der Waals surface area (Å²) in [5, 5.41) is 9.28. The van der Waals surface area contributed by atoms with E-state index in [-0.39, 0.29) is 12.0 Å². The van der Waals surface area contributed by atoms with Crippen LogP contribution in [0.25, 0.3) is 0 Å². The van der Waals surface area contributed by atoms with Crippen molar-refractivity contribution in [3.8, 4) is 6.07 Å². The van der Waals surface area contributed by atoms with E-state index < -0.39 is 5.54 Å². The van der Waals surface area contributed by atoms with Gasteiger partial charge in [-0.05, 0) is 19.0 Å². The van der Waals surface area contributed by atoms with Crippen molar-refractivity contribution >= 4 is 0 Å². The first-order valence-corrected chi connectivity index (χ1v) is 6.04. The highest BCUT2D eigenvalue weighted by atomic mass is 15.2. The Kier molecular flexibility index (Phi) is 3.19. The molecule has 1 saturated heterocycles. The highest BCUT2D eigenvalue weighted by Crippen LogP contribution is 2.39. The molecule has 0 saturated carbocycles. The van der Waals surface area contributed by atoms with E-state index in [1.807, 2.05) is 18.2 Å². The van der Waals surface area contributed by atoms with E-state index in [2.05, 4.69) is 37.1 Å². The van der Waals surface area contributed by atoms with Crippen molar-refractivity contribution in [3.05, 3.63) is 35.9 Å². The van der Waals surface area contributed by atoms with Gasteiger partial charge in [0.15, 0.2) is 0 Å². The first kappa shape index (κ1) is 12.1. The van der Waals surface area contributed by atoms with Crippen LogP contribution < -0.4 is 5.73 Å². The van der Waals surface area contributed by atoms with Crippen LogP contribution in [-0.2, 0) is 0 Å². The second kappa shape index (κ2) is 4.48. The largest absolute Gasteiger partial charge is 0.313 e. The molecule has 2 rings (SSSR count). The fourth-order valence-electron chi connectivity index (χ4n) is 2.74. The minimum Gasteiger partial charge on any atom is -0.313 e. The minimum absolute atomic E-state index is 0.133. The number of hydrogen-bond donors (Lipinski definition) is 1. The third-order valence-corrected chi connectivity index (χ3v) is 3.99. The molecule has 0 aliphatic carbocycles. The number of likely N-dealkylation sites (tertiary alicyclic amines) is 1. The van der Waals surface area contributed by atoms with Crippen LogP contribution in [0.2, 0.25) is 0 Å². The summed E-state index contributed by atoms with van der Waals surface area (Å²) >= 11 is 0. The molecule has 1 heterocycles. The Balaban J connectivity index is 2.35. The average molecular weight is 229 g/mol. The lowest BCUT2D eigenvalue weighted by Gasteiger charge is -2.45. The number of nitriles is 1. The van der Waals surface area contributed by atoms with Crippen LogP contribution in [0.5, 0.6) is 0 Å². The monoisotopic (exact) mass is 229 g/mol. The molecule has 1 aromatic carbocycles. The first-order chi connectivity index (χ1) is 8.08. The number of nitrogens with two attached hydrogens (primary N) is 1. The van der Waals surface area contributed by atoms with Gasteiger partial charge in [-0.1, -0.05) is 37.3 Å². The van der Waals surface area contributed by atoms with E-state index in [9.17, 15) is 5.26 Å². The molecular formula is C14H19N3. The van der Waals surface area contributed by atoms with Crippen LogP contribution in [-0.4, -0.2) is 24.0 Å². The fourth-order valence-corrected chi connectivity index (χ4v) is 2.74. The average Bonchev–Trinajstić information content (AvgIpc) is 2.36. The lowest BCUT2D eigenvalue weighted by molar-refractivity contribution is 0.0845. The number of nitrogens with zero attached hydrogens (tertiary/aromatic N) is 2. The van der Waals surface area contributed by atoms with Crippen molar-refractivity contribution in [2.75, 3.05) is 13.6 Å². The van der Waals surface area contributed by atoms with Crippen LogP contribution >= 0.6 is 0 Å². The SMILES string of the molecule is C[C@@H]1[C@@H](c2ccccc2)N(C)CC[C@@]1(N)C#N. The van der Waals surface area contributed by atoms with Gasteiger partial charge in [0.05, 0.1) is 6.07 Å². The van der Waals surface area contributed by atoms with Crippen molar-refractivity contribution in [1.82, 2.24) is 4.90 Å².